The van der Waals surface area contributed by atoms with Crippen molar-refractivity contribution in [3.63, 3.8) is 0 Å². The van der Waals surface area contributed by atoms with Gasteiger partial charge in [-0.15, -0.1) is 0 Å². The third-order valence-electron chi connectivity index (χ3n) is 7.80. The van der Waals surface area contributed by atoms with Crippen molar-refractivity contribution >= 4 is 62.2 Å². The first-order valence-corrected chi connectivity index (χ1v) is 13.5. The molecule has 6 heteroatoms. The van der Waals surface area contributed by atoms with Crippen LogP contribution in [0.4, 0.5) is 5.82 Å². The number of fused-ring (bicyclic) bond motifs is 4. The number of nitrogens with zero attached hydrogens (tertiary/aromatic N) is 2. The van der Waals surface area contributed by atoms with Gasteiger partial charge in [-0.2, -0.15) is 0 Å². The third-order valence-corrected chi connectivity index (χ3v) is 8.03. The topological polar surface area (TPSA) is 58.2 Å². The van der Waals surface area contributed by atoms with Crippen molar-refractivity contribution in [2.75, 3.05) is 11.5 Å². The zero-order valence-electron chi connectivity index (χ0n) is 21.3. The number of esters is 1. The van der Waals surface area contributed by atoms with Crippen molar-refractivity contribution in [1.82, 2.24) is 9.97 Å². The Hall–Kier alpha value is -4.87. The molecule has 4 aromatic carbocycles. The van der Waals surface area contributed by atoms with Crippen molar-refractivity contribution in [3.05, 3.63) is 125 Å². The number of rotatable bonds is 4. The number of H-pyrrole nitrogens is 1. The second-order valence-electron chi connectivity index (χ2n) is 10.2. The van der Waals surface area contributed by atoms with E-state index < -0.39 is 0 Å². The number of cyclic esters (lactones) is 1. The Morgan fingerprint density at radius 3 is 2.58 bits per heavy atom. The smallest absolute Gasteiger partial charge is 0.333 e. The largest absolute Gasteiger partial charge is 0.456 e. The molecule has 0 saturated carbocycles. The number of nitrogens with one attached hydrogen (secondary N) is 1. The molecular formula is C34H22ClN3O2. The number of anilines is 1. The van der Waals surface area contributed by atoms with Crippen LogP contribution in [-0.2, 0) is 9.53 Å². The molecule has 3 heterocycles. The van der Waals surface area contributed by atoms with Crippen LogP contribution in [0.1, 0.15) is 17.2 Å². The number of benzene rings is 4. The first-order chi connectivity index (χ1) is 19.6. The first-order valence-electron chi connectivity index (χ1n) is 13.2. The van der Waals surface area contributed by atoms with Gasteiger partial charge in [-0.05, 0) is 47.0 Å². The predicted molar refractivity (Wildman–Crippen MR) is 161 cm³/mol. The molecule has 192 valence electrons. The molecule has 0 fully saturated rings. The number of halogens is 1. The van der Waals surface area contributed by atoms with Crippen LogP contribution in [-0.4, -0.2) is 22.5 Å². The molecule has 0 bridgehead atoms. The van der Waals surface area contributed by atoms with E-state index in [0.29, 0.717) is 5.02 Å². The Morgan fingerprint density at radius 2 is 1.70 bits per heavy atom. The number of aromatic nitrogens is 2. The minimum atomic E-state index is -0.326. The minimum absolute atomic E-state index is 0.103. The average Bonchev–Trinajstić information content (AvgIpc) is 3.69. The SMILES string of the molecule is O=C1C=C(N(c2[nH]c3ccccc3c2-c2ccc3cc4ccc(Cl)cc4nc3c2)C2C=Cc3ccccc32)CO1. The summed E-state index contributed by atoms with van der Waals surface area (Å²) in [6.07, 6.45) is 5.92. The molecule has 5 nitrogen and oxygen atoms in total. The Bertz CT molecular complexity index is 2070. The monoisotopic (exact) mass is 539 g/mol. The Kier molecular flexibility index (Phi) is 5.09. The molecule has 6 aromatic rings. The van der Waals surface area contributed by atoms with Gasteiger partial charge in [0.15, 0.2) is 0 Å². The van der Waals surface area contributed by atoms with Gasteiger partial charge in [0, 0.05) is 38.3 Å². The average molecular weight is 540 g/mol. The molecule has 1 atom stereocenters. The number of para-hydroxylation sites is 1. The summed E-state index contributed by atoms with van der Waals surface area (Å²) < 4.78 is 5.41. The lowest BCUT2D eigenvalue weighted by atomic mass is 9.99. The fourth-order valence-corrected chi connectivity index (χ4v) is 6.14. The van der Waals surface area contributed by atoms with E-state index in [0.717, 1.165) is 55.4 Å². The van der Waals surface area contributed by atoms with Gasteiger partial charge in [0.05, 0.1) is 22.8 Å². The van der Waals surface area contributed by atoms with E-state index in [1.54, 1.807) is 6.08 Å². The number of carbonyl (C=O) groups is 1. The maximum Gasteiger partial charge on any atom is 0.333 e. The van der Waals surface area contributed by atoms with Gasteiger partial charge < -0.3 is 14.6 Å². The number of aromatic amines is 1. The van der Waals surface area contributed by atoms with Crippen LogP contribution < -0.4 is 4.90 Å². The fourth-order valence-electron chi connectivity index (χ4n) is 5.97. The summed E-state index contributed by atoms with van der Waals surface area (Å²) in [5, 5.41) is 3.86. The van der Waals surface area contributed by atoms with Crippen LogP contribution in [0.3, 0.4) is 0 Å². The van der Waals surface area contributed by atoms with E-state index in [4.69, 9.17) is 21.3 Å². The van der Waals surface area contributed by atoms with E-state index >= 15 is 0 Å². The molecule has 1 N–H and O–H groups in total. The zero-order chi connectivity index (χ0) is 26.8. The highest BCUT2D eigenvalue weighted by Crippen LogP contribution is 2.46. The Labute approximate surface area is 235 Å². The summed E-state index contributed by atoms with van der Waals surface area (Å²) in [5.41, 5.74) is 7.98. The van der Waals surface area contributed by atoms with Gasteiger partial charge in [-0.25, -0.2) is 9.78 Å². The van der Waals surface area contributed by atoms with Crippen molar-refractivity contribution in [1.29, 1.82) is 0 Å². The Balaban J connectivity index is 1.37. The summed E-state index contributed by atoms with van der Waals surface area (Å²) in [4.78, 5) is 23.1. The maximum atomic E-state index is 12.3. The molecule has 0 saturated heterocycles. The first kappa shape index (κ1) is 23.1. The molecular weight excluding hydrogens is 518 g/mol. The molecule has 0 spiro atoms. The van der Waals surface area contributed by atoms with E-state index in [-0.39, 0.29) is 18.6 Å². The normalized spacial score (nSPS) is 16.1. The number of hydrogen-bond donors (Lipinski definition) is 1. The minimum Gasteiger partial charge on any atom is -0.456 e. The molecule has 0 radical (unpaired) electrons. The molecule has 8 rings (SSSR count). The van der Waals surface area contributed by atoms with Gasteiger partial charge in [-0.3, -0.25) is 0 Å². The van der Waals surface area contributed by atoms with Crippen LogP contribution in [0.15, 0.2) is 109 Å². The van der Waals surface area contributed by atoms with Crippen molar-refractivity contribution in [2.45, 2.75) is 6.04 Å². The van der Waals surface area contributed by atoms with Crippen LogP contribution >= 0.6 is 11.6 Å². The second kappa shape index (κ2) is 8.83. The highest BCUT2D eigenvalue weighted by atomic mass is 35.5. The van der Waals surface area contributed by atoms with E-state index in [2.05, 4.69) is 82.7 Å². The lowest BCUT2D eigenvalue weighted by molar-refractivity contribution is -0.134. The Morgan fingerprint density at radius 1 is 0.900 bits per heavy atom. The van der Waals surface area contributed by atoms with Gasteiger partial charge in [0.25, 0.3) is 0 Å². The molecule has 1 aliphatic heterocycles. The van der Waals surface area contributed by atoms with Crippen LogP contribution in [0, 0.1) is 0 Å². The molecule has 0 amide bonds. The fraction of sp³-hybridized carbons (Fsp3) is 0.0588. The lowest BCUT2D eigenvalue weighted by Gasteiger charge is -2.31. The standard InChI is InChI=1S/C34H22ClN3O2/c35-24-13-11-22-15-21-9-10-23(16-29(21)36-30(22)17-24)33-27-7-3-4-8-28(27)37-34(33)38(25-18-32(39)40-19-25)31-14-12-20-5-1-2-6-26(20)31/h1-18,31,37H,19H2. The van der Waals surface area contributed by atoms with E-state index in [9.17, 15) is 4.79 Å². The maximum absolute atomic E-state index is 12.3. The van der Waals surface area contributed by atoms with Crippen LogP contribution in [0.25, 0.3) is 49.9 Å². The number of ether oxygens (including phenoxy) is 1. The van der Waals surface area contributed by atoms with Crippen LogP contribution in [0.5, 0.6) is 0 Å². The predicted octanol–water partition coefficient (Wildman–Crippen LogP) is 8.20. The molecule has 40 heavy (non-hydrogen) atoms. The van der Waals surface area contributed by atoms with Gasteiger partial charge in [0.1, 0.15) is 12.4 Å². The summed E-state index contributed by atoms with van der Waals surface area (Å²) in [6, 6.07) is 30.9. The highest BCUT2D eigenvalue weighted by Gasteiger charge is 2.33. The highest BCUT2D eigenvalue weighted by molar-refractivity contribution is 6.31. The van der Waals surface area contributed by atoms with Gasteiger partial charge in [0.2, 0.25) is 0 Å². The molecule has 1 aliphatic carbocycles. The summed E-state index contributed by atoms with van der Waals surface area (Å²) in [5.74, 6) is 0.577. The van der Waals surface area contributed by atoms with Crippen molar-refractivity contribution < 1.29 is 9.53 Å². The van der Waals surface area contributed by atoms with Crippen molar-refractivity contribution in [3.8, 4) is 11.1 Å². The number of carbonyl (C=O) groups excluding carboxylic acids is 1. The number of hydrogen-bond acceptors (Lipinski definition) is 4. The van der Waals surface area contributed by atoms with E-state index in [1.807, 2.05) is 30.3 Å². The second-order valence-corrected chi connectivity index (χ2v) is 10.6. The van der Waals surface area contributed by atoms with Crippen LogP contribution in [0.2, 0.25) is 5.02 Å². The quantitative estimate of drug-likeness (QED) is 0.181. The summed E-state index contributed by atoms with van der Waals surface area (Å²) >= 11 is 6.28. The van der Waals surface area contributed by atoms with Crippen molar-refractivity contribution in [2.24, 2.45) is 0 Å². The molecule has 2 aromatic heterocycles. The number of pyridine rings is 1. The van der Waals surface area contributed by atoms with Gasteiger partial charge in [-0.1, -0.05) is 84.4 Å². The summed E-state index contributed by atoms with van der Waals surface area (Å²) in [7, 11) is 0. The lowest BCUT2D eigenvalue weighted by Crippen LogP contribution is -2.28. The van der Waals surface area contributed by atoms with E-state index in [1.165, 1.54) is 11.1 Å². The zero-order valence-corrected chi connectivity index (χ0v) is 22.0. The molecule has 2 aliphatic rings. The molecule has 1 unspecified atom stereocenters. The van der Waals surface area contributed by atoms with Gasteiger partial charge >= 0.3 is 5.97 Å². The third kappa shape index (κ3) is 3.63. The summed E-state index contributed by atoms with van der Waals surface area (Å²) in [6.45, 7) is 0.214.